The van der Waals surface area contributed by atoms with Crippen molar-refractivity contribution < 1.29 is 9.84 Å². The van der Waals surface area contributed by atoms with E-state index in [1.165, 1.54) is 28.2 Å². The number of aliphatic hydroxyl groups excluding tert-OH is 1. The lowest BCUT2D eigenvalue weighted by molar-refractivity contribution is 0.0377. The molecule has 9 heteroatoms. The van der Waals surface area contributed by atoms with Gasteiger partial charge in [0, 0.05) is 81.1 Å². The van der Waals surface area contributed by atoms with Crippen LogP contribution in [0.5, 0.6) is 0 Å². The van der Waals surface area contributed by atoms with Gasteiger partial charge in [0.2, 0.25) is 0 Å². The number of likely N-dealkylation sites (N-methyl/N-ethyl adjacent to an activating group) is 1. The van der Waals surface area contributed by atoms with Gasteiger partial charge < -0.3 is 31.1 Å². The number of aliphatic imine (C=N–C) groups is 1. The van der Waals surface area contributed by atoms with Gasteiger partial charge in [-0.2, -0.15) is 0 Å². The molecule has 0 saturated carbocycles. The van der Waals surface area contributed by atoms with Crippen molar-refractivity contribution in [1.82, 2.24) is 20.4 Å². The molecule has 8 nitrogen and oxygen atoms in total. The Kier molecular flexibility index (Phi) is 27.9. The van der Waals surface area contributed by atoms with Crippen LogP contribution >= 0.6 is 15.9 Å². The molecule has 3 aliphatic rings. The SMILES string of the molecule is C/C=C(\N)CCN1CC(=NCCCN2CCOCC2)NC2=C1C=CC=CC2.C=CCBr.CC.CCN/C(C=C(C)C)=C(/C)CCCO. The Labute approximate surface area is 296 Å². The van der Waals surface area contributed by atoms with Crippen LogP contribution in [0.2, 0.25) is 0 Å². The fraction of sp³-hybridized carbons (Fsp3) is 0.605. The van der Waals surface area contributed by atoms with Crippen LogP contribution in [-0.4, -0.2) is 91.7 Å². The third-order valence-corrected chi connectivity index (χ3v) is 7.73. The Morgan fingerprint density at radius 1 is 1.15 bits per heavy atom. The highest BCUT2D eigenvalue weighted by Crippen LogP contribution is 2.21. The smallest absolute Gasteiger partial charge is 0.120 e. The van der Waals surface area contributed by atoms with E-state index in [1.807, 2.05) is 26.8 Å². The molecule has 2 heterocycles. The Bertz CT molecular complexity index is 1060. The summed E-state index contributed by atoms with van der Waals surface area (Å²) in [6, 6.07) is 0. The van der Waals surface area contributed by atoms with Gasteiger partial charge in [-0.3, -0.25) is 9.89 Å². The van der Waals surface area contributed by atoms with E-state index < -0.39 is 0 Å². The highest BCUT2D eigenvalue weighted by molar-refractivity contribution is 9.09. The number of nitrogens with zero attached hydrogens (tertiary/aromatic N) is 3. The second-order valence-electron chi connectivity index (χ2n) is 11.4. The predicted octanol–water partition coefficient (Wildman–Crippen LogP) is 7.19. The molecule has 0 bridgehead atoms. The minimum Gasteiger partial charge on any atom is -0.402 e. The molecular weight excluding hydrogens is 652 g/mol. The maximum Gasteiger partial charge on any atom is 0.120 e. The Morgan fingerprint density at radius 2 is 1.85 bits per heavy atom. The number of allylic oxidation sites excluding steroid dienone is 9. The summed E-state index contributed by atoms with van der Waals surface area (Å²) in [5.41, 5.74) is 13.3. The molecule has 1 aliphatic carbocycles. The lowest BCUT2D eigenvalue weighted by Gasteiger charge is -2.34. The van der Waals surface area contributed by atoms with Gasteiger partial charge >= 0.3 is 0 Å². The van der Waals surface area contributed by atoms with Gasteiger partial charge in [-0.05, 0) is 66.0 Å². The van der Waals surface area contributed by atoms with Crippen molar-refractivity contribution in [1.29, 1.82) is 0 Å². The van der Waals surface area contributed by atoms with Crippen LogP contribution in [0.4, 0.5) is 0 Å². The first-order valence-corrected chi connectivity index (χ1v) is 18.6. The number of aliphatic hydroxyl groups is 1. The average molecular weight is 720 g/mol. The second kappa shape index (κ2) is 29.5. The summed E-state index contributed by atoms with van der Waals surface area (Å²) < 4.78 is 5.41. The maximum absolute atomic E-state index is 8.75. The standard InChI is InChI=1S/C21H33N5O.C12H23NO.C3H5Br.C2H6/c1-2-18(22)9-12-26-17-21(24-19-7-4-3-5-8-20(19)26)23-10-6-11-25-13-15-27-16-14-25;1-5-13-12(9-10(2)3)11(4)7-6-8-14;1-2-3-4;1-2/h2-5,8H,6-7,9-17,22H2,1H3,(H,23,24);9,13-14H,5-8H2,1-4H3;2H,1,3H2;1-2H3/b18-2-;12-11-;;. The lowest BCUT2D eigenvalue weighted by atomic mass is 10.1. The Morgan fingerprint density at radius 3 is 2.45 bits per heavy atom. The van der Waals surface area contributed by atoms with Gasteiger partial charge in [0.15, 0.2) is 0 Å². The van der Waals surface area contributed by atoms with Crippen LogP contribution in [0.3, 0.4) is 0 Å². The largest absolute Gasteiger partial charge is 0.402 e. The molecule has 0 aromatic heterocycles. The summed E-state index contributed by atoms with van der Waals surface area (Å²) in [6.45, 7) is 26.5. The summed E-state index contributed by atoms with van der Waals surface area (Å²) >= 11 is 3.13. The van der Waals surface area contributed by atoms with Crippen molar-refractivity contribution in [3.05, 3.63) is 83.0 Å². The monoisotopic (exact) mass is 718 g/mol. The molecule has 2 aliphatic heterocycles. The molecule has 3 rings (SSSR count). The van der Waals surface area contributed by atoms with Crippen LogP contribution in [0, 0.1) is 0 Å². The zero-order valence-electron chi connectivity index (χ0n) is 30.7. The molecule has 0 spiro atoms. The van der Waals surface area contributed by atoms with Crippen molar-refractivity contribution in [2.45, 2.75) is 80.6 Å². The van der Waals surface area contributed by atoms with Gasteiger partial charge in [0.05, 0.1) is 25.5 Å². The zero-order chi connectivity index (χ0) is 35.3. The van der Waals surface area contributed by atoms with Gasteiger partial charge in [0.25, 0.3) is 0 Å². The quantitative estimate of drug-likeness (QED) is 0.0653. The second-order valence-corrected chi connectivity index (χ2v) is 12.0. The Hall–Kier alpha value is -2.59. The molecule has 0 unspecified atom stereocenters. The van der Waals surface area contributed by atoms with Crippen LogP contribution in [0.15, 0.2) is 88.0 Å². The van der Waals surface area contributed by atoms with Crippen LogP contribution < -0.4 is 16.4 Å². The van der Waals surface area contributed by atoms with Gasteiger partial charge in [0.1, 0.15) is 5.84 Å². The number of amidine groups is 1. The van der Waals surface area contributed by atoms with Crippen molar-refractivity contribution in [2.75, 3.05) is 71.0 Å². The fourth-order valence-corrected chi connectivity index (χ4v) is 4.82. The average Bonchev–Trinajstić information content (AvgIpc) is 3.35. The summed E-state index contributed by atoms with van der Waals surface area (Å²) in [5.74, 6) is 1.07. The number of ether oxygens (including phenoxy) is 1. The van der Waals surface area contributed by atoms with Crippen molar-refractivity contribution in [2.24, 2.45) is 10.7 Å². The third-order valence-electron chi connectivity index (χ3n) is 7.27. The van der Waals surface area contributed by atoms with E-state index >= 15 is 0 Å². The summed E-state index contributed by atoms with van der Waals surface area (Å²) in [7, 11) is 0. The number of nitrogens with one attached hydrogen (secondary N) is 2. The maximum atomic E-state index is 8.75. The molecule has 47 heavy (non-hydrogen) atoms. The molecule has 0 aromatic carbocycles. The minimum absolute atomic E-state index is 0.269. The van der Waals surface area contributed by atoms with E-state index in [4.69, 9.17) is 20.6 Å². The third kappa shape index (κ3) is 21.1. The lowest BCUT2D eigenvalue weighted by Crippen LogP contribution is -2.44. The fourth-order valence-electron chi connectivity index (χ4n) is 4.82. The van der Waals surface area contributed by atoms with Gasteiger partial charge in [-0.25, -0.2) is 0 Å². The first kappa shape index (κ1) is 44.4. The molecule has 1 saturated heterocycles. The van der Waals surface area contributed by atoms with Crippen molar-refractivity contribution in [3.63, 3.8) is 0 Å². The highest BCUT2D eigenvalue weighted by atomic mass is 79.9. The molecule has 1 fully saturated rings. The van der Waals surface area contributed by atoms with E-state index in [2.05, 4.69) is 101 Å². The van der Waals surface area contributed by atoms with Crippen molar-refractivity contribution in [3.8, 4) is 0 Å². The number of halogens is 1. The predicted molar refractivity (Wildman–Crippen MR) is 209 cm³/mol. The van der Waals surface area contributed by atoms with Crippen molar-refractivity contribution >= 4 is 21.8 Å². The highest BCUT2D eigenvalue weighted by Gasteiger charge is 2.22. The summed E-state index contributed by atoms with van der Waals surface area (Å²) in [5, 5.41) is 16.6. The van der Waals surface area contributed by atoms with E-state index in [-0.39, 0.29) is 6.61 Å². The molecule has 0 amide bonds. The number of nitrogens with two attached hydrogens (primary N) is 1. The molecule has 268 valence electrons. The number of morpholine rings is 1. The zero-order valence-corrected chi connectivity index (χ0v) is 32.3. The molecule has 0 atom stereocenters. The number of rotatable bonds is 14. The first-order chi connectivity index (χ1) is 22.8. The molecule has 0 aromatic rings. The Balaban J connectivity index is 0.000000891. The topological polar surface area (TPSA) is 98.4 Å². The van der Waals surface area contributed by atoms with Crippen LogP contribution in [-0.2, 0) is 4.74 Å². The normalized spacial score (nSPS) is 17.3. The minimum atomic E-state index is 0.269. The van der Waals surface area contributed by atoms with Gasteiger partial charge in [-0.1, -0.05) is 71.3 Å². The van der Waals surface area contributed by atoms with Crippen LogP contribution in [0.1, 0.15) is 80.6 Å². The number of alkyl halides is 1. The van der Waals surface area contributed by atoms with E-state index in [1.54, 1.807) is 6.08 Å². The molecule has 5 N–H and O–H groups in total. The van der Waals surface area contributed by atoms with Crippen LogP contribution in [0.25, 0.3) is 0 Å². The number of hydrogen-bond donors (Lipinski definition) is 4. The summed E-state index contributed by atoms with van der Waals surface area (Å²) in [6.07, 6.45) is 19.2. The molecule has 0 radical (unpaired) electrons. The first-order valence-electron chi connectivity index (χ1n) is 17.5. The van der Waals surface area contributed by atoms with Gasteiger partial charge in [-0.15, -0.1) is 6.58 Å². The number of hydrogen-bond acceptors (Lipinski definition) is 7. The van der Waals surface area contributed by atoms with E-state index in [0.717, 1.165) is 108 Å². The van der Waals surface area contributed by atoms with E-state index in [0.29, 0.717) is 0 Å². The summed E-state index contributed by atoms with van der Waals surface area (Å²) in [4.78, 5) is 9.72. The molecular formula is C38H67BrN6O2. The van der Waals surface area contributed by atoms with E-state index in [9.17, 15) is 0 Å².